The topological polar surface area (TPSA) is 98.2 Å². The number of methoxy groups -OCH3 is 1. The van der Waals surface area contributed by atoms with E-state index in [2.05, 4.69) is 11.6 Å². The summed E-state index contributed by atoms with van der Waals surface area (Å²) in [5.41, 5.74) is 2.61. The Hall–Kier alpha value is -4.63. The highest BCUT2D eigenvalue weighted by Gasteiger charge is 2.48. The average Bonchev–Trinajstić information content (AvgIpc) is 3.63. The van der Waals surface area contributed by atoms with Gasteiger partial charge < -0.3 is 19.3 Å². The van der Waals surface area contributed by atoms with Gasteiger partial charge in [-0.05, 0) is 66.6 Å². The highest BCUT2D eigenvalue weighted by Crippen LogP contribution is 2.45. The first-order valence-electron chi connectivity index (χ1n) is 12.8. The number of hydrogen-bond acceptors (Lipinski definition) is 8. The summed E-state index contributed by atoms with van der Waals surface area (Å²) < 4.78 is 17.7. The predicted octanol–water partition coefficient (Wildman–Crippen LogP) is 5.82. The molecule has 3 aromatic carbocycles. The number of thiazole rings is 1. The third-order valence-corrected chi connectivity index (χ3v) is 7.96. The lowest BCUT2D eigenvalue weighted by atomic mass is 9.94. The standard InChI is InChI=1S/C31H26N2O6S/c1-4-12-38-22-7-5-6-18(15-22)27-26(28(34)19-8-11-24-20(14-19)13-17(2)39-24)29(35)30(36)33(27)31-32-23-10-9-21(37-3)16-25(23)40-31/h4-11,14-17,27,34H,1,12-13H2,2-3H3/b28-26+/t17-,27-/m0/s1. The van der Waals surface area contributed by atoms with Crippen molar-refractivity contribution < 1.29 is 28.9 Å². The summed E-state index contributed by atoms with van der Waals surface area (Å²) in [6.07, 6.45) is 2.34. The highest BCUT2D eigenvalue weighted by atomic mass is 32.1. The van der Waals surface area contributed by atoms with Gasteiger partial charge in [0, 0.05) is 12.0 Å². The number of fused-ring (bicyclic) bond motifs is 2. The number of hydrogen-bond donors (Lipinski definition) is 1. The molecule has 202 valence electrons. The molecule has 0 radical (unpaired) electrons. The van der Waals surface area contributed by atoms with Gasteiger partial charge in [-0.1, -0.05) is 36.1 Å². The number of amides is 1. The van der Waals surface area contributed by atoms with Gasteiger partial charge in [-0.15, -0.1) is 0 Å². The number of aliphatic hydroxyl groups is 1. The van der Waals surface area contributed by atoms with Gasteiger partial charge in [0.25, 0.3) is 5.78 Å². The number of carbonyl (C=O) groups excluding carboxylic acids is 2. The second-order valence-corrected chi connectivity index (χ2v) is 10.6. The Morgan fingerprint density at radius 3 is 2.83 bits per heavy atom. The molecule has 2 atom stereocenters. The van der Waals surface area contributed by atoms with Gasteiger partial charge in [0.2, 0.25) is 0 Å². The normalized spacial score (nSPS) is 19.5. The SMILES string of the molecule is C=CCOc1cccc([C@H]2/C(=C(\O)c3ccc4c(c3)C[C@H](C)O4)C(=O)C(=O)N2c2nc3ccc(OC)cc3s2)c1. The summed E-state index contributed by atoms with van der Waals surface area (Å²) in [6.45, 7) is 5.95. The van der Waals surface area contributed by atoms with Crippen LogP contribution in [0.2, 0.25) is 0 Å². The monoisotopic (exact) mass is 554 g/mol. The molecule has 8 nitrogen and oxygen atoms in total. The summed E-state index contributed by atoms with van der Waals surface area (Å²) in [4.78, 5) is 33.3. The molecule has 40 heavy (non-hydrogen) atoms. The summed E-state index contributed by atoms with van der Waals surface area (Å²) in [5.74, 6) is 0.130. The number of aliphatic hydroxyl groups excluding tert-OH is 1. The number of Topliss-reactive ketones (excluding diaryl/α,β-unsaturated/α-hetero) is 1. The maximum Gasteiger partial charge on any atom is 0.301 e. The van der Waals surface area contributed by atoms with Crippen molar-refractivity contribution in [2.75, 3.05) is 18.6 Å². The third kappa shape index (κ3) is 4.38. The van der Waals surface area contributed by atoms with Gasteiger partial charge >= 0.3 is 5.91 Å². The first-order chi connectivity index (χ1) is 19.4. The van der Waals surface area contributed by atoms with Crippen molar-refractivity contribution in [3.8, 4) is 17.2 Å². The molecule has 0 saturated carbocycles. The number of carbonyl (C=O) groups is 2. The Balaban J connectivity index is 1.52. The van der Waals surface area contributed by atoms with E-state index in [1.165, 1.54) is 16.2 Å². The molecule has 6 rings (SSSR count). The van der Waals surface area contributed by atoms with Crippen LogP contribution in [-0.4, -0.2) is 41.6 Å². The largest absolute Gasteiger partial charge is 0.507 e. The molecule has 1 amide bonds. The second-order valence-electron chi connectivity index (χ2n) is 9.63. The first kappa shape index (κ1) is 25.6. The number of ether oxygens (including phenoxy) is 3. The minimum atomic E-state index is -0.932. The number of rotatable bonds is 7. The molecule has 0 unspecified atom stereocenters. The first-order valence-corrected chi connectivity index (χ1v) is 13.6. The van der Waals surface area contributed by atoms with Crippen LogP contribution in [0.25, 0.3) is 16.0 Å². The van der Waals surface area contributed by atoms with Gasteiger partial charge in [0.15, 0.2) is 5.13 Å². The van der Waals surface area contributed by atoms with Crippen LogP contribution >= 0.6 is 11.3 Å². The molecule has 9 heteroatoms. The van der Waals surface area contributed by atoms with E-state index in [-0.39, 0.29) is 17.4 Å². The van der Waals surface area contributed by atoms with Crippen molar-refractivity contribution in [3.05, 3.63) is 95.6 Å². The molecular weight excluding hydrogens is 528 g/mol. The minimum absolute atomic E-state index is 0.0189. The van der Waals surface area contributed by atoms with Gasteiger partial charge in [0.05, 0.1) is 28.9 Å². The van der Waals surface area contributed by atoms with Gasteiger partial charge in [-0.2, -0.15) is 0 Å². The maximum absolute atomic E-state index is 13.6. The van der Waals surface area contributed by atoms with Crippen LogP contribution in [0.1, 0.15) is 29.7 Å². The third-order valence-electron chi connectivity index (χ3n) is 6.95. The Morgan fingerprint density at radius 2 is 2.02 bits per heavy atom. The van der Waals surface area contributed by atoms with Crippen molar-refractivity contribution in [2.24, 2.45) is 0 Å². The molecule has 4 aromatic rings. The lowest BCUT2D eigenvalue weighted by Gasteiger charge is -2.23. The van der Waals surface area contributed by atoms with Gasteiger partial charge in [-0.25, -0.2) is 4.98 Å². The molecule has 0 spiro atoms. The van der Waals surface area contributed by atoms with Crippen LogP contribution in [0.15, 0.2) is 78.9 Å². The summed E-state index contributed by atoms with van der Waals surface area (Å²) in [7, 11) is 1.58. The molecule has 0 bridgehead atoms. The zero-order valence-electron chi connectivity index (χ0n) is 21.9. The van der Waals surface area contributed by atoms with Crippen LogP contribution in [0, 0.1) is 0 Å². The van der Waals surface area contributed by atoms with E-state index in [0.717, 1.165) is 16.0 Å². The molecule has 2 aliphatic heterocycles. The molecule has 1 fully saturated rings. The quantitative estimate of drug-likeness (QED) is 0.133. The number of anilines is 1. The zero-order chi connectivity index (χ0) is 28.0. The fourth-order valence-corrected chi connectivity index (χ4v) is 6.14. The van der Waals surface area contributed by atoms with E-state index < -0.39 is 17.7 Å². The maximum atomic E-state index is 13.6. The molecule has 1 saturated heterocycles. The van der Waals surface area contributed by atoms with Crippen molar-refractivity contribution >= 4 is 44.1 Å². The van der Waals surface area contributed by atoms with E-state index in [1.54, 1.807) is 61.7 Å². The van der Waals surface area contributed by atoms with Crippen LogP contribution in [0.4, 0.5) is 5.13 Å². The van der Waals surface area contributed by atoms with Crippen molar-refractivity contribution in [1.29, 1.82) is 0 Å². The number of aromatic nitrogens is 1. The Labute approximate surface area is 234 Å². The number of benzene rings is 3. The lowest BCUT2D eigenvalue weighted by Crippen LogP contribution is -2.29. The van der Waals surface area contributed by atoms with E-state index in [4.69, 9.17) is 14.2 Å². The van der Waals surface area contributed by atoms with Crippen LogP contribution in [-0.2, 0) is 16.0 Å². The Morgan fingerprint density at radius 1 is 1.18 bits per heavy atom. The Bertz CT molecular complexity index is 1710. The number of nitrogens with zero attached hydrogens (tertiary/aromatic N) is 2. The average molecular weight is 555 g/mol. The zero-order valence-corrected chi connectivity index (χ0v) is 22.7. The smallest absolute Gasteiger partial charge is 0.301 e. The Kier molecular flexibility index (Phi) is 6.51. The van der Waals surface area contributed by atoms with Crippen LogP contribution in [0.5, 0.6) is 17.2 Å². The fraction of sp³-hybridized carbons (Fsp3) is 0.194. The molecule has 0 aliphatic carbocycles. The highest BCUT2D eigenvalue weighted by molar-refractivity contribution is 7.22. The summed E-state index contributed by atoms with van der Waals surface area (Å²) >= 11 is 1.27. The van der Waals surface area contributed by atoms with Gasteiger partial charge in [-0.3, -0.25) is 14.5 Å². The lowest BCUT2D eigenvalue weighted by molar-refractivity contribution is -0.132. The fourth-order valence-electron chi connectivity index (χ4n) is 5.12. The van der Waals surface area contributed by atoms with Crippen LogP contribution < -0.4 is 19.1 Å². The molecule has 2 aliphatic rings. The van der Waals surface area contributed by atoms with E-state index in [0.29, 0.717) is 46.3 Å². The summed E-state index contributed by atoms with van der Waals surface area (Å²) in [6, 6.07) is 16.9. The van der Waals surface area contributed by atoms with Gasteiger partial charge in [0.1, 0.15) is 35.7 Å². The van der Waals surface area contributed by atoms with E-state index in [9.17, 15) is 14.7 Å². The molecule has 1 aromatic heterocycles. The molecule has 3 heterocycles. The van der Waals surface area contributed by atoms with E-state index >= 15 is 0 Å². The van der Waals surface area contributed by atoms with Crippen molar-refractivity contribution in [2.45, 2.75) is 25.5 Å². The van der Waals surface area contributed by atoms with E-state index in [1.807, 2.05) is 19.1 Å². The molecule has 1 N–H and O–H groups in total. The van der Waals surface area contributed by atoms with Crippen molar-refractivity contribution in [1.82, 2.24) is 4.98 Å². The molecular formula is C31H26N2O6S. The predicted molar refractivity (Wildman–Crippen MR) is 153 cm³/mol. The second kappa shape index (κ2) is 10.2. The number of ketones is 1. The summed E-state index contributed by atoms with van der Waals surface area (Å²) in [5, 5.41) is 11.9. The van der Waals surface area contributed by atoms with Crippen LogP contribution in [0.3, 0.4) is 0 Å². The minimum Gasteiger partial charge on any atom is -0.507 e. The van der Waals surface area contributed by atoms with Crippen molar-refractivity contribution in [3.63, 3.8) is 0 Å².